The van der Waals surface area contributed by atoms with Crippen molar-refractivity contribution in [1.82, 2.24) is 9.97 Å². The molecule has 0 unspecified atom stereocenters. The Hall–Kier alpha value is -2.30. The number of nitrogens with two attached hydrogens (primary N) is 1. The molecule has 106 valence electrons. The number of hydrogen-bond acceptors (Lipinski definition) is 5. The first kappa shape index (κ1) is 14.1. The van der Waals surface area contributed by atoms with E-state index in [1.54, 1.807) is 7.11 Å². The third-order valence-electron chi connectivity index (χ3n) is 3.18. The van der Waals surface area contributed by atoms with E-state index >= 15 is 0 Å². The van der Waals surface area contributed by atoms with Crippen molar-refractivity contribution in [3.63, 3.8) is 0 Å². The third-order valence-corrected chi connectivity index (χ3v) is 3.18. The Morgan fingerprint density at radius 1 is 1.25 bits per heavy atom. The number of ether oxygens (including phenoxy) is 1. The molecular formula is C15H20N4O. The number of aryl methyl sites for hydroxylation is 1. The van der Waals surface area contributed by atoms with Crippen LogP contribution in [-0.2, 0) is 13.0 Å². The summed E-state index contributed by atoms with van der Waals surface area (Å²) >= 11 is 0. The molecule has 0 atom stereocenters. The molecule has 1 heterocycles. The van der Waals surface area contributed by atoms with Gasteiger partial charge in [-0.1, -0.05) is 25.1 Å². The topological polar surface area (TPSA) is 73.1 Å². The predicted molar refractivity (Wildman–Crippen MR) is 80.9 cm³/mol. The number of methoxy groups -OCH3 is 1. The second-order valence-corrected chi connectivity index (χ2v) is 4.52. The van der Waals surface area contributed by atoms with E-state index in [-0.39, 0.29) is 0 Å². The quantitative estimate of drug-likeness (QED) is 0.875. The van der Waals surface area contributed by atoms with Gasteiger partial charge in [0.1, 0.15) is 23.2 Å². The van der Waals surface area contributed by atoms with Crippen molar-refractivity contribution in [1.29, 1.82) is 0 Å². The summed E-state index contributed by atoms with van der Waals surface area (Å²) in [5.74, 6) is 2.91. The summed E-state index contributed by atoms with van der Waals surface area (Å²) in [5.41, 5.74) is 7.85. The molecule has 5 heteroatoms. The fraction of sp³-hybridized carbons (Fsp3) is 0.333. The zero-order valence-electron chi connectivity index (χ0n) is 12.1. The zero-order chi connectivity index (χ0) is 14.5. The molecule has 0 saturated carbocycles. The summed E-state index contributed by atoms with van der Waals surface area (Å²) in [6.07, 6.45) is 0.758. The highest BCUT2D eigenvalue weighted by Gasteiger charge is 2.08. The van der Waals surface area contributed by atoms with E-state index in [1.165, 1.54) is 0 Å². The van der Waals surface area contributed by atoms with E-state index in [1.807, 2.05) is 38.1 Å². The number of benzene rings is 1. The fourth-order valence-electron chi connectivity index (χ4n) is 1.94. The van der Waals surface area contributed by atoms with Crippen molar-refractivity contribution >= 4 is 11.6 Å². The Morgan fingerprint density at radius 3 is 2.70 bits per heavy atom. The van der Waals surface area contributed by atoms with Gasteiger partial charge in [0.05, 0.1) is 7.11 Å². The molecule has 1 aromatic heterocycles. The molecular weight excluding hydrogens is 252 g/mol. The van der Waals surface area contributed by atoms with E-state index in [2.05, 4.69) is 15.3 Å². The van der Waals surface area contributed by atoms with Crippen LogP contribution in [0.3, 0.4) is 0 Å². The van der Waals surface area contributed by atoms with Crippen LogP contribution in [0, 0.1) is 6.92 Å². The van der Waals surface area contributed by atoms with E-state index in [9.17, 15) is 0 Å². The maximum Gasteiger partial charge on any atom is 0.135 e. The highest BCUT2D eigenvalue weighted by Crippen LogP contribution is 2.21. The molecule has 3 N–H and O–H groups in total. The van der Waals surface area contributed by atoms with Gasteiger partial charge < -0.3 is 15.8 Å². The molecule has 0 aliphatic rings. The molecule has 0 spiro atoms. The van der Waals surface area contributed by atoms with Crippen molar-refractivity contribution in [2.45, 2.75) is 26.8 Å². The van der Waals surface area contributed by atoms with Crippen molar-refractivity contribution in [2.75, 3.05) is 18.2 Å². The second kappa shape index (κ2) is 6.23. The number of nitrogen functional groups attached to an aromatic ring is 1. The first-order valence-corrected chi connectivity index (χ1v) is 6.64. The summed E-state index contributed by atoms with van der Waals surface area (Å²) < 4.78 is 5.34. The van der Waals surface area contributed by atoms with Gasteiger partial charge in [-0.05, 0) is 13.0 Å². The minimum atomic E-state index is 0.527. The first-order valence-electron chi connectivity index (χ1n) is 6.64. The Balaban J connectivity index is 2.20. The Bertz CT molecular complexity index is 598. The molecule has 20 heavy (non-hydrogen) atoms. The summed E-state index contributed by atoms with van der Waals surface area (Å²) in [5, 5.41) is 3.31. The lowest BCUT2D eigenvalue weighted by Crippen LogP contribution is -2.09. The lowest BCUT2D eigenvalue weighted by molar-refractivity contribution is 0.410. The van der Waals surface area contributed by atoms with Gasteiger partial charge in [-0.25, -0.2) is 9.97 Å². The van der Waals surface area contributed by atoms with Crippen molar-refractivity contribution < 1.29 is 4.74 Å². The average Bonchev–Trinajstić information content (AvgIpc) is 2.48. The number of anilines is 2. The smallest absolute Gasteiger partial charge is 0.135 e. The molecule has 0 aliphatic heterocycles. The highest BCUT2D eigenvalue weighted by atomic mass is 16.5. The highest BCUT2D eigenvalue weighted by molar-refractivity contribution is 5.55. The van der Waals surface area contributed by atoms with Crippen LogP contribution in [-0.4, -0.2) is 17.1 Å². The number of nitrogens with one attached hydrogen (secondary N) is 1. The monoisotopic (exact) mass is 272 g/mol. The lowest BCUT2D eigenvalue weighted by atomic mass is 10.2. The van der Waals surface area contributed by atoms with Gasteiger partial charge in [0, 0.05) is 24.1 Å². The van der Waals surface area contributed by atoms with Crippen LogP contribution in [0.4, 0.5) is 11.6 Å². The SMILES string of the molecule is CCc1nc(N)c(C)c(NCc2ccccc2OC)n1. The van der Waals surface area contributed by atoms with Crippen molar-refractivity contribution in [2.24, 2.45) is 0 Å². The molecule has 5 nitrogen and oxygen atoms in total. The van der Waals surface area contributed by atoms with Crippen molar-refractivity contribution in [3.8, 4) is 5.75 Å². The van der Waals surface area contributed by atoms with Crippen LogP contribution in [0.2, 0.25) is 0 Å². The van der Waals surface area contributed by atoms with Crippen LogP contribution in [0.25, 0.3) is 0 Å². The first-order chi connectivity index (χ1) is 9.65. The molecule has 0 saturated heterocycles. The lowest BCUT2D eigenvalue weighted by Gasteiger charge is -2.13. The van der Waals surface area contributed by atoms with Gasteiger partial charge in [-0.2, -0.15) is 0 Å². The molecule has 0 fully saturated rings. The average molecular weight is 272 g/mol. The summed E-state index contributed by atoms with van der Waals surface area (Å²) in [6, 6.07) is 7.89. The molecule has 0 aliphatic carbocycles. The summed E-state index contributed by atoms with van der Waals surface area (Å²) in [7, 11) is 1.67. The van der Waals surface area contributed by atoms with Crippen LogP contribution in [0.5, 0.6) is 5.75 Å². The number of nitrogens with zero attached hydrogens (tertiary/aromatic N) is 2. The van der Waals surface area contributed by atoms with Gasteiger partial charge in [0.25, 0.3) is 0 Å². The normalized spacial score (nSPS) is 10.3. The fourth-order valence-corrected chi connectivity index (χ4v) is 1.94. The minimum Gasteiger partial charge on any atom is -0.496 e. The number of hydrogen-bond donors (Lipinski definition) is 2. The van der Waals surface area contributed by atoms with Gasteiger partial charge in [-0.15, -0.1) is 0 Å². The van der Waals surface area contributed by atoms with Crippen LogP contribution in [0.1, 0.15) is 23.9 Å². The molecule has 2 aromatic rings. The molecule has 1 aromatic carbocycles. The minimum absolute atomic E-state index is 0.527. The number of rotatable bonds is 5. The largest absolute Gasteiger partial charge is 0.496 e. The van der Waals surface area contributed by atoms with Gasteiger partial charge in [0.15, 0.2) is 0 Å². The molecule has 0 radical (unpaired) electrons. The Morgan fingerprint density at radius 2 is 2.00 bits per heavy atom. The molecule has 0 bridgehead atoms. The van der Waals surface area contributed by atoms with Crippen LogP contribution < -0.4 is 15.8 Å². The summed E-state index contributed by atoms with van der Waals surface area (Å²) in [6.45, 7) is 4.55. The second-order valence-electron chi connectivity index (χ2n) is 4.52. The van der Waals surface area contributed by atoms with Gasteiger partial charge in [-0.3, -0.25) is 0 Å². The van der Waals surface area contributed by atoms with E-state index in [0.29, 0.717) is 12.4 Å². The predicted octanol–water partition coefficient (Wildman–Crippen LogP) is 2.55. The van der Waals surface area contributed by atoms with Crippen molar-refractivity contribution in [3.05, 3.63) is 41.2 Å². The standard InChI is InChI=1S/C15H20N4O/c1-4-13-18-14(16)10(2)15(19-13)17-9-11-7-5-6-8-12(11)20-3/h5-8H,4,9H2,1-3H3,(H3,16,17,18,19). The van der Waals surface area contributed by atoms with E-state index < -0.39 is 0 Å². The zero-order valence-corrected chi connectivity index (χ0v) is 12.1. The number of para-hydroxylation sites is 1. The van der Waals surface area contributed by atoms with E-state index in [4.69, 9.17) is 10.5 Å². The van der Waals surface area contributed by atoms with Crippen LogP contribution >= 0.6 is 0 Å². The summed E-state index contributed by atoms with van der Waals surface area (Å²) in [4.78, 5) is 8.72. The third kappa shape index (κ3) is 2.99. The Kier molecular flexibility index (Phi) is 4.40. The molecule has 0 amide bonds. The maximum absolute atomic E-state index is 5.91. The van der Waals surface area contributed by atoms with Gasteiger partial charge in [0.2, 0.25) is 0 Å². The Labute approximate surface area is 119 Å². The molecule has 2 rings (SSSR count). The van der Waals surface area contributed by atoms with E-state index in [0.717, 1.165) is 34.9 Å². The van der Waals surface area contributed by atoms with Crippen LogP contribution in [0.15, 0.2) is 24.3 Å². The number of aromatic nitrogens is 2. The van der Waals surface area contributed by atoms with Gasteiger partial charge >= 0.3 is 0 Å². The maximum atomic E-state index is 5.91.